The van der Waals surface area contributed by atoms with Crippen LogP contribution in [0.3, 0.4) is 0 Å². The molecule has 0 radical (unpaired) electrons. The minimum Gasteiger partial charge on any atom is -0.481 e. The lowest BCUT2D eigenvalue weighted by molar-refractivity contribution is -0.273. The van der Waals surface area contributed by atoms with E-state index in [0.717, 1.165) is 0 Å². The number of hydrogen-bond donors (Lipinski definition) is 5. The number of carbonyl (C=O) groups is 1. The summed E-state index contributed by atoms with van der Waals surface area (Å²) in [5.74, 6) is -4.76. The minimum absolute atomic E-state index is 0.167. The van der Waals surface area contributed by atoms with Crippen molar-refractivity contribution in [2.45, 2.75) is 30.8 Å². The van der Waals surface area contributed by atoms with Crippen molar-refractivity contribution < 1.29 is 30.3 Å². The molecule has 3 atom stereocenters. The van der Waals surface area contributed by atoms with Gasteiger partial charge in [0, 0.05) is 6.42 Å². The third-order valence-electron chi connectivity index (χ3n) is 2.26. The average molecular weight is 192 g/mol. The van der Waals surface area contributed by atoms with Crippen LogP contribution in [0.1, 0.15) is 12.8 Å². The first-order valence-corrected chi connectivity index (χ1v) is 3.88. The third-order valence-corrected chi connectivity index (χ3v) is 2.26. The molecule has 1 aliphatic rings. The lowest BCUT2D eigenvalue weighted by atomic mass is 9.81. The fraction of sp³-hybridized carbons (Fsp3) is 0.857. The smallest absolute Gasteiger partial charge is 0.306 e. The van der Waals surface area contributed by atoms with Gasteiger partial charge in [-0.05, 0) is 6.42 Å². The van der Waals surface area contributed by atoms with Crippen LogP contribution in [0, 0.1) is 5.92 Å². The Labute approximate surface area is 74.1 Å². The van der Waals surface area contributed by atoms with Gasteiger partial charge >= 0.3 is 5.97 Å². The van der Waals surface area contributed by atoms with Crippen LogP contribution in [0.15, 0.2) is 0 Å². The van der Waals surface area contributed by atoms with Gasteiger partial charge in [-0.2, -0.15) is 0 Å². The van der Waals surface area contributed by atoms with Gasteiger partial charge in [-0.25, -0.2) is 0 Å². The summed E-state index contributed by atoms with van der Waals surface area (Å²) < 4.78 is 0. The highest BCUT2D eigenvalue weighted by molar-refractivity contribution is 5.70. The molecule has 6 heteroatoms. The monoisotopic (exact) mass is 192 g/mol. The van der Waals surface area contributed by atoms with E-state index in [-0.39, 0.29) is 6.42 Å². The first-order valence-electron chi connectivity index (χ1n) is 3.88. The molecule has 0 aliphatic heterocycles. The summed E-state index contributed by atoms with van der Waals surface area (Å²) in [6, 6.07) is 0. The zero-order valence-electron chi connectivity index (χ0n) is 6.79. The van der Waals surface area contributed by atoms with Gasteiger partial charge in [-0.1, -0.05) is 0 Å². The van der Waals surface area contributed by atoms with Crippen LogP contribution < -0.4 is 0 Å². The molecular formula is C7H12O6. The van der Waals surface area contributed by atoms with E-state index in [4.69, 9.17) is 25.5 Å². The molecule has 13 heavy (non-hydrogen) atoms. The van der Waals surface area contributed by atoms with E-state index in [1.54, 1.807) is 0 Å². The van der Waals surface area contributed by atoms with Gasteiger partial charge < -0.3 is 25.5 Å². The number of rotatable bonds is 1. The average Bonchev–Trinajstić information content (AvgIpc) is 1.99. The molecule has 0 amide bonds. The Morgan fingerprint density at radius 2 is 1.85 bits per heavy atom. The lowest BCUT2D eigenvalue weighted by Gasteiger charge is -2.38. The van der Waals surface area contributed by atoms with E-state index in [1.165, 1.54) is 0 Å². The molecule has 3 unspecified atom stereocenters. The molecule has 1 aliphatic carbocycles. The molecule has 0 aromatic heterocycles. The van der Waals surface area contributed by atoms with E-state index in [1.807, 2.05) is 0 Å². The molecule has 76 valence electrons. The maximum atomic E-state index is 10.5. The molecular weight excluding hydrogens is 180 g/mol. The Bertz CT molecular complexity index is 213. The molecule has 5 N–H and O–H groups in total. The predicted molar refractivity (Wildman–Crippen MR) is 39.5 cm³/mol. The van der Waals surface area contributed by atoms with Crippen LogP contribution >= 0.6 is 0 Å². The number of aliphatic carboxylic acids is 1. The van der Waals surface area contributed by atoms with Crippen molar-refractivity contribution in [2.24, 2.45) is 5.92 Å². The van der Waals surface area contributed by atoms with Gasteiger partial charge in [-0.3, -0.25) is 4.79 Å². The second-order valence-corrected chi connectivity index (χ2v) is 3.37. The van der Waals surface area contributed by atoms with E-state index >= 15 is 0 Å². The molecule has 6 nitrogen and oxygen atoms in total. The molecule has 0 saturated heterocycles. The van der Waals surface area contributed by atoms with Gasteiger partial charge in [0.05, 0.1) is 12.0 Å². The molecule has 0 aromatic carbocycles. The van der Waals surface area contributed by atoms with Crippen molar-refractivity contribution >= 4 is 5.97 Å². The van der Waals surface area contributed by atoms with Crippen LogP contribution in [0.4, 0.5) is 0 Å². The quantitative estimate of drug-likeness (QED) is 0.303. The first-order chi connectivity index (χ1) is 5.84. The fourth-order valence-electron chi connectivity index (χ4n) is 1.48. The van der Waals surface area contributed by atoms with Crippen molar-refractivity contribution in [1.82, 2.24) is 0 Å². The minimum atomic E-state index is -2.51. The fourth-order valence-corrected chi connectivity index (χ4v) is 1.48. The van der Waals surface area contributed by atoms with Crippen molar-refractivity contribution in [3.05, 3.63) is 0 Å². The Morgan fingerprint density at radius 1 is 1.31 bits per heavy atom. The highest BCUT2D eigenvalue weighted by Gasteiger charge is 2.47. The van der Waals surface area contributed by atoms with Crippen molar-refractivity contribution in [3.63, 3.8) is 0 Å². The molecule has 0 spiro atoms. The second-order valence-electron chi connectivity index (χ2n) is 3.37. The summed E-state index contributed by atoms with van der Waals surface area (Å²) in [4.78, 5) is 10.5. The standard InChI is InChI=1S/C7H12O6/c8-4-1-3(6(10)11)2-7(12,13)5(4)9/h3-5,8-9,12-13H,1-2H2,(H,10,11). The third kappa shape index (κ3) is 1.97. The predicted octanol–water partition coefficient (Wildman–Crippen LogP) is -2.12. The van der Waals surface area contributed by atoms with E-state index in [2.05, 4.69) is 0 Å². The van der Waals surface area contributed by atoms with Crippen molar-refractivity contribution in [3.8, 4) is 0 Å². The Hall–Kier alpha value is -0.690. The first kappa shape index (κ1) is 10.4. The number of aliphatic hydroxyl groups is 4. The van der Waals surface area contributed by atoms with Crippen LogP contribution in [-0.4, -0.2) is 49.5 Å². The van der Waals surface area contributed by atoms with Crippen LogP contribution in [-0.2, 0) is 4.79 Å². The number of carboxylic acid groups (broad SMARTS) is 1. The summed E-state index contributed by atoms with van der Waals surface area (Å²) in [6.07, 6.45) is -3.76. The van der Waals surface area contributed by atoms with Crippen molar-refractivity contribution in [2.75, 3.05) is 0 Å². The van der Waals surface area contributed by atoms with Gasteiger partial charge in [-0.15, -0.1) is 0 Å². The summed E-state index contributed by atoms with van der Waals surface area (Å²) in [6.45, 7) is 0. The van der Waals surface area contributed by atoms with Crippen LogP contribution in [0.5, 0.6) is 0 Å². The number of aliphatic hydroxyl groups excluding tert-OH is 2. The maximum Gasteiger partial charge on any atom is 0.306 e. The van der Waals surface area contributed by atoms with Crippen LogP contribution in [0.25, 0.3) is 0 Å². The zero-order valence-corrected chi connectivity index (χ0v) is 6.79. The normalized spacial score (nSPS) is 38.6. The van der Waals surface area contributed by atoms with E-state index < -0.39 is 36.3 Å². The summed E-state index contributed by atoms with van der Waals surface area (Å²) in [7, 11) is 0. The highest BCUT2D eigenvalue weighted by Crippen LogP contribution is 2.31. The largest absolute Gasteiger partial charge is 0.481 e. The van der Waals surface area contributed by atoms with E-state index in [0.29, 0.717) is 0 Å². The molecule has 0 aromatic rings. The number of hydrogen-bond acceptors (Lipinski definition) is 5. The Morgan fingerprint density at radius 3 is 2.23 bits per heavy atom. The zero-order chi connectivity index (χ0) is 10.2. The summed E-state index contributed by atoms with van der Waals surface area (Å²) >= 11 is 0. The molecule has 0 bridgehead atoms. The Balaban J connectivity index is 2.76. The van der Waals surface area contributed by atoms with Crippen molar-refractivity contribution in [1.29, 1.82) is 0 Å². The molecule has 0 heterocycles. The van der Waals surface area contributed by atoms with Gasteiger partial charge in [0.15, 0.2) is 5.79 Å². The summed E-state index contributed by atoms with van der Waals surface area (Å²) in [5.41, 5.74) is 0. The topological polar surface area (TPSA) is 118 Å². The number of carboxylic acids is 1. The molecule has 1 fully saturated rings. The Kier molecular flexibility index (Phi) is 2.58. The molecule has 1 saturated carbocycles. The maximum absolute atomic E-state index is 10.5. The van der Waals surface area contributed by atoms with Gasteiger partial charge in [0.1, 0.15) is 6.10 Å². The van der Waals surface area contributed by atoms with Gasteiger partial charge in [0.25, 0.3) is 0 Å². The van der Waals surface area contributed by atoms with Gasteiger partial charge in [0.2, 0.25) is 0 Å². The summed E-state index contributed by atoms with van der Waals surface area (Å²) in [5, 5.41) is 45.0. The van der Waals surface area contributed by atoms with E-state index in [9.17, 15) is 4.79 Å². The lowest BCUT2D eigenvalue weighted by Crippen LogP contribution is -2.55. The second kappa shape index (κ2) is 3.22. The SMILES string of the molecule is O=C(O)C1CC(O)C(O)C(O)(O)C1. The highest BCUT2D eigenvalue weighted by atomic mass is 16.5. The molecule has 1 rings (SSSR count). The van der Waals surface area contributed by atoms with Crippen LogP contribution in [0.2, 0.25) is 0 Å².